The Morgan fingerprint density at radius 2 is 1.80 bits per heavy atom. The Balaban J connectivity index is 1.52. The number of urea groups is 1. The first-order chi connectivity index (χ1) is 14.2. The predicted octanol–water partition coefficient (Wildman–Crippen LogP) is 5.55. The molecule has 0 aromatic heterocycles. The minimum atomic E-state index is -0.809. The fourth-order valence-electron chi connectivity index (χ4n) is 2.99. The Hall–Kier alpha value is -3.48. The van der Waals surface area contributed by atoms with Crippen LogP contribution in [0.4, 0.5) is 20.6 Å². The zero-order valence-corrected chi connectivity index (χ0v) is 16.9. The van der Waals surface area contributed by atoms with Crippen molar-refractivity contribution in [3.63, 3.8) is 0 Å². The highest BCUT2D eigenvalue weighted by Crippen LogP contribution is 2.29. The van der Waals surface area contributed by atoms with Crippen molar-refractivity contribution in [2.75, 3.05) is 10.6 Å². The highest BCUT2D eigenvalue weighted by atomic mass is 19.1. The average molecular weight is 409 g/mol. The second-order valence-electron chi connectivity index (χ2n) is 7.85. The van der Waals surface area contributed by atoms with Crippen LogP contribution >= 0.6 is 0 Å². The van der Waals surface area contributed by atoms with Crippen molar-refractivity contribution in [3.8, 4) is 0 Å². The van der Waals surface area contributed by atoms with E-state index in [-0.39, 0.29) is 5.69 Å². The molecular weight excluding hydrogens is 385 g/mol. The van der Waals surface area contributed by atoms with Gasteiger partial charge in [-0.15, -0.1) is 0 Å². The van der Waals surface area contributed by atoms with Gasteiger partial charge in [-0.2, -0.15) is 0 Å². The summed E-state index contributed by atoms with van der Waals surface area (Å²) in [5, 5.41) is 14.4. The highest BCUT2D eigenvalue weighted by Gasteiger charge is 2.27. The summed E-state index contributed by atoms with van der Waals surface area (Å²) in [6.45, 7) is 3.43. The maximum Gasteiger partial charge on any atom is 0.323 e. The van der Waals surface area contributed by atoms with Gasteiger partial charge in [0.05, 0.1) is 11.1 Å². The summed E-state index contributed by atoms with van der Waals surface area (Å²) in [5.74, 6) is -1.31. The normalized spacial score (nSPS) is 13.4. The first kappa shape index (κ1) is 21.2. The summed E-state index contributed by atoms with van der Waals surface area (Å²) in [6.07, 6.45) is 3.64. The van der Waals surface area contributed by atoms with Crippen LogP contribution in [0, 0.1) is 11.2 Å². The first-order valence-electron chi connectivity index (χ1n) is 9.65. The molecular formula is C23H24FN3O3. The number of allylic oxidation sites excluding steroid dienone is 1. The van der Waals surface area contributed by atoms with Crippen LogP contribution in [-0.4, -0.2) is 22.8 Å². The van der Waals surface area contributed by atoms with E-state index in [1.165, 1.54) is 12.1 Å². The number of carboxylic acid groups (broad SMARTS) is 1. The van der Waals surface area contributed by atoms with Crippen molar-refractivity contribution in [1.29, 1.82) is 0 Å². The van der Waals surface area contributed by atoms with Gasteiger partial charge in [0.1, 0.15) is 5.82 Å². The van der Waals surface area contributed by atoms with Crippen LogP contribution < -0.4 is 10.6 Å². The van der Waals surface area contributed by atoms with E-state index in [0.717, 1.165) is 16.8 Å². The Labute approximate surface area is 174 Å². The third-order valence-corrected chi connectivity index (χ3v) is 5.05. The number of carboxylic acids is 1. The second-order valence-corrected chi connectivity index (χ2v) is 7.85. The van der Waals surface area contributed by atoms with E-state index >= 15 is 0 Å². The van der Waals surface area contributed by atoms with Gasteiger partial charge in [0, 0.05) is 24.0 Å². The molecule has 6 nitrogen and oxygen atoms in total. The van der Waals surface area contributed by atoms with Crippen LogP contribution in [0.25, 0.3) is 5.57 Å². The van der Waals surface area contributed by atoms with Crippen LogP contribution in [-0.2, 0) is 4.79 Å². The molecule has 0 unspecified atom stereocenters. The van der Waals surface area contributed by atoms with Gasteiger partial charge in [0.2, 0.25) is 0 Å². The minimum Gasteiger partial charge on any atom is -0.481 e. The summed E-state index contributed by atoms with van der Waals surface area (Å²) in [4.78, 5) is 27.7. The molecule has 7 heteroatoms. The second kappa shape index (κ2) is 8.90. The number of hydrogen-bond donors (Lipinski definition) is 3. The number of anilines is 2. The van der Waals surface area contributed by atoms with Gasteiger partial charge in [-0.25, -0.2) is 9.18 Å². The smallest absolute Gasteiger partial charge is 0.323 e. The van der Waals surface area contributed by atoms with Crippen molar-refractivity contribution in [2.24, 2.45) is 10.4 Å². The molecule has 2 aromatic rings. The van der Waals surface area contributed by atoms with Gasteiger partial charge in [-0.05, 0) is 62.1 Å². The molecule has 0 aliphatic carbocycles. The predicted molar refractivity (Wildman–Crippen MR) is 116 cm³/mol. The Kier molecular flexibility index (Phi) is 6.30. The van der Waals surface area contributed by atoms with E-state index in [4.69, 9.17) is 0 Å². The summed E-state index contributed by atoms with van der Waals surface area (Å²) < 4.78 is 13.6. The number of nitrogens with one attached hydrogen (secondary N) is 2. The van der Waals surface area contributed by atoms with E-state index in [9.17, 15) is 19.1 Å². The van der Waals surface area contributed by atoms with Crippen LogP contribution in [0.1, 0.15) is 38.7 Å². The molecule has 1 aliphatic rings. The zero-order valence-electron chi connectivity index (χ0n) is 16.9. The molecule has 1 heterocycles. The number of aliphatic imine (C=N–C) groups is 1. The fourth-order valence-corrected chi connectivity index (χ4v) is 2.99. The average Bonchev–Trinajstić information content (AvgIpc) is 3.18. The van der Waals surface area contributed by atoms with Crippen LogP contribution in [0.15, 0.2) is 59.7 Å². The zero-order chi connectivity index (χ0) is 21.7. The Bertz CT molecular complexity index is 1010. The molecule has 0 radical (unpaired) electrons. The topological polar surface area (TPSA) is 90.8 Å². The third kappa shape index (κ3) is 5.31. The van der Waals surface area contributed by atoms with Gasteiger partial charge >= 0.3 is 12.0 Å². The van der Waals surface area contributed by atoms with Crippen molar-refractivity contribution in [2.45, 2.75) is 33.1 Å². The summed E-state index contributed by atoms with van der Waals surface area (Å²) in [6, 6.07) is 12.7. The number of hydrogen-bond acceptors (Lipinski definition) is 3. The molecule has 0 bridgehead atoms. The molecule has 0 spiro atoms. The van der Waals surface area contributed by atoms with Gasteiger partial charge in [-0.1, -0.05) is 24.3 Å². The molecule has 2 aromatic carbocycles. The summed E-state index contributed by atoms with van der Waals surface area (Å²) in [7, 11) is 0. The van der Waals surface area contributed by atoms with Crippen LogP contribution in [0.3, 0.4) is 0 Å². The molecule has 0 saturated carbocycles. The molecule has 0 saturated heterocycles. The van der Waals surface area contributed by atoms with Crippen molar-refractivity contribution >= 4 is 34.7 Å². The molecule has 3 N–H and O–H groups in total. The number of aliphatic carboxylic acids is 1. The Morgan fingerprint density at radius 3 is 2.47 bits per heavy atom. The molecule has 2 amide bonds. The number of benzene rings is 2. The van der Waals surface area contributed by atoms with Gasteiger partial charge < -0.3 is 15.7 Å². The lowest BCUT2D eigenvalue weighted by molar-refractivity contribution is -0.147. The number of carbonyl (C=O) groups is 2. The monoisotopic (exact) mass is 409 g/mol. The maximum absolute atomic E-state index is 13.6. The summed E-state index contributed by atoms with van der Waals surface area (Å²) in [5.41, 5.74) is 2.90. The van der Waals surface area contributed by atoms with Crippen molar-refractivity contribution < 1.29 is 19.1 Å². The largest absolute Gasteiger partial charge is 0.481 e. The van der Waals surface area contributed by atoms with E-state index in [1.54, 1.807) is 44.3 Å². The quantitative estimate of drug-likeness (QED) is 0.560. The molecule has 3 rings (SSSR count). The van der Waals surface area contributed by atoms with Gasteiger partial charge in [-0.3, -0.25) is 9.79 Å². The molecule has 0 atom stereocenters. The number of rotatable bonds is 7. The van der Waals surface area contributed by atoms with Crippen molar-refractivity contribution in [3.05, 3.63) is 66.1 Å². The minimum absolute atomic E-state index is 0.110. The van der Waals surface area contributed by atoms with Crippen LogP contribution in [0.5, 0.6) is 0 Å². The van der Waals surface area contributed by atoms with Crippen LogP contribution in [0.2, 0.25) is 0 Å². The number of halogens is 1. The van der Waals surface area contributed by atoms with E-state index in [0.29, 0.717) is 24.9 Å². The van der Waals surface area contributed by atoms with Gasteiger partial charge in [0.25, 0.3) is 0 Å². The number of amides is 2. The number of nitrogens with zero attached hydrogens (tertiary/aromatic N) is 1. The highest BCUT2D eigenvalue weighted by molar-refractivity contribution is 6.00. The molecule has 30 heavy (non-hydrogen) atoms. The lowest BCUT2D eigenvalue weighted by Crippen LogP contribution is -2.24. The molecule has 156 valence electrons. The lowest BCUT2D eigenvalue weighted by atomic mass is 9.86. The van der Waals surface area contributed by atoms with E-state index in [2.05, 4.69) is 15.6 Å². The summed E-state index contributed by atoms with van der Waals surface area (Å²) >= 11 is 0. The Morgan fingerprint density at radius 1 is 1.10 bits per heavy atom. The standard InChI is InChI=1S/C23H24FN3O3/c1-23(2,21(28)29)12-11-18-13-16(14-25-18)15-7-9-17(10-8-15)26-22(30)27-20-6-4-3-5-19(20)24/h3-10,14H,11-13H2,1-2H3,(H,28,29)(H2,26,27,30). The fraction of sp³-hybridized carbons (Fsp3) is 0.261. The lowest BCUT2D eigenvalue weighted by Gasteiger charge is -2.18. The molecule has 0 fully saturated rings. The molecule has 1 aliphatic heterocycles. The number of para-hydroxylation sites is 1. The van der Waals surface area contributed by atoms with E-state index < -0.39 is 23.2 Å². The maximum atomic E-state index is 13.6. The van der Waals surface area contributed by atoms with E-state index in [1.807, 2.05) is 12.1 Å². The third-order valence-electron chi connectivity index (χ3n) is 5.05. The SMILES string of the molecule is CC(C)(CCC1=NC=C(c2ccc(NC(=O)Nc3ccccc3F)cc2)C1)C(=O)O. The van der Waals surface area contributed by atoms with Crippen molar-refractivity contribution in [1.82, 2.24) is 0 Å². The number of carbonyl (C=O) groups excluding carboxylic acids is 1. The first-order valence-corrected chi connectivity index (χ1v) is 9.65. The van der Waals surface area contributed by atoms with Gasteiger partial charge in [0.15, 0.2) is 0 Å².